The van der Waals surface area contributed by atoms with Gasteiger partial charge in [-0.3, -0.25) is 0 Å². The van der Waals surface area contributed by atoms with Crippen molar-refractivity contribution in [2.45, 2.75) is 26.7 Å². The summed E-state index contributed by atoms with van der Waals surface area (Å²) in [6.45, 7) is 6.33. The summed E-state index contributed by atoms with van der Waals surface area (Å²) >= 11 is 0. The molecule has 4 nitrogen and oxygen atoms in total. The second kappa shape index (κ2) is 7.61. The van der Waals surface area contributed by atoms with Crippen molar-refractivity contribution in [3.05, 3.63) is 59.4 Å². The van der Waals surface area contributed by atoms with Crippen LogP contribution in [0, 0.1) is 17.7 Å². The molecule has 1 saturated heterocycles. The Hall–Kier alpha value is -2.53. The van der Waals surface area contributed by atoms with E-state index in [1.165, 1.54) is 11.6 Å². The number of nitrogens with one attached hydrogen (secondary N) is 1. The van der Waals surface area contributed by atoms with Crippen LogP contribution in [-0.4, -0.2) is 23.2 Å². The van der Waals surface area contributed by atoms with E-state index in [1.54, 1.807) is 0 Å². The fraction of sp³-hybridized carbons (Fsp3) is 0.364. The standard InChI is InChI=1S/C22H24FN3O/c1-14(2)9-15-3-5-17(6-4-15)22-25-21(26-27-22)19-8-7-18(20(23)11-19)10-16-12-24-13-16/h3-8,11,14,16,24H,9-10,12-13H2,1-2H3. The molecule has 0 bridgehead atoms. The molecule has 0 aliphatic carbocycles. The van der Waals surface area contributed by atoms with Crippen molar-refractivity contribution in [2.24, 2.45) is 11.8 Å². The first-order valence-corrected chi connectivity index (χ1v) is 9.51. The molecule has 1 fully saturated rings. The Morgan fingerprint density at radius 1 is 1.11 bits per heavy atom. The second-order valence-corrected chi connectivity index (χ2v) is 7.75. The van der Waals surface area contributed by atoms with E-state index >= 15 is 0 Å². The van der Waals surface area contributed by atoms with Crippen molar-refractivity contribution in [3.8, 4) is 22.8 Å². The van der Waals surface area contributed by atoms with Crippen LogP contribution >= 0.6 is 0 Å². The van der Waals surface area contributed by atoms with Crippen LogP contribution in [-0.2, 0) is 12.8 Å². The van der Waals surface area contributed by atoms with E-state index in [0.29, 0.717) is 29.1 Å². The molecule has 0 unspecified atom stereocenters. The molecule has 5 heteroatoms. The number of aromatic nitrogens is 2. The van der Waals surface area contributed by atoms with Crippen LogP contribution in [0.4, 0.5) is 4.39 Å². The minimum Gasteiger partial charge on any atom is -0.334 e. The zero-order valence-corrected chi connectivity index (χ0v) is 15.7. The summed E-state index contributed by atoms with van der Waals surface area (Å²) in [5.74, 6) is 1.80. The minimum atomic E-state index is -0.205. The lowest BCUT2D eigenvalue weighted by molar-refractivity contribution is 0.343. The van der Waals surface area contributed by atoms with Crippen LogP contribution < -0.4 is 5.32 Å². The van der Waals surface area contributed by atoms with Gasteiger partial charge in [-0.1, -0.05) is 43.3 Å². The van der Waals surface area contributed by atoms with E-state index in [4.69, 9.17) is 4.52 Å². The molecule has 0 atom stereocenters. The Morgan fingerprint density at radius 2 is 1.85 bits per heavy atom. The van der Waals surface area contributed by atoms with Gasteiger partial charge in [0.2, 0.25) is 5.82 Å². The fourth-order valence-corrected chi connectivity index (χ4v) is 3.37. The Labute approximate surface area is 158 Å². The average molecular weight is 365 g/mol. The van der Waals surface area contributed by atoms with Crippen molar-refractivity contribution < 1.29 is 8.91 Å². The first kappa shape index (κ1) is 17.9. The molecule has 1 aliphatic rings. The highest BCUT2D eigenvalue weighted by atomic mass is 19.1. The van der Waals surface area contributed by atoms with Crippen LogP contribution in [0.15, 0.2) is 47.0 Å². The summed E-state index contributed by atoms with van der Waals surface area (Å²) in [4.78, 5) is 4.45. The number of benzene rings is 2. The Bertz CT molecular complexity index is 914. The molecular weight excluding hydrogens is 341 g/mol. The van der Waals surface area contributed by atoms with Gasteiger partial charge in [0.25, 0.3) is 5.89 Å². The molecule has 0 amide bonds. The molecule has 2 aromatic carbocycles. The molecule has 140 valence electrons. The number of rotatable bonds is 6. The third kappa shape index (κ3) is 4.08. The zero-order chi connectivity index (χ0) is 18.8. The van der Waals surface area contributed by atoms with E-state index in [9.17, 15) is 4.39 Å². The maximum Gasteiger partial charge on any atom is 0.258 e. The molecule has 27 heavy (non-hydrogen) atoms. The highest BCUT2D eigenvalue weighted by molar-refractivity contribution is 5.60. The summed E-state index contributed by atoms with van der Waals surface area (Å²) in [7, 11) is 0. The fourth-order valence-electron chi connectivity index (χ4n) is 3.37. The maximum absolute atomic E-state index is 14.4. The summed E-state index contributed by atoms with van der Waals surface area (Å²) < 4.78 is 19.8. The van der Waals surface area contributed by atoms with Crippen molar-refractivity contribution in [2.75, 3.05) is 13.1 Å². The molecule has 2 heterocycles. The number of hydrogen-bond acceptors (Lipinski definition) is 4. The topological polar surface area (TPSA) is 51.0 Å². The third-order valence-corrected chi connectivity index (χ3v) is 4.96. The van der Waals surface area contributed by atoms with Crippen LogP contribution in [0.3, 0.4) is 0 Å². The lowest BCUT2D eigenvalue weighted by Gasteiger charge is -2.27. The van der Waals surface area contributed by atoms with Gasteiger partial charge in [0.15, 0.2) is 0 Å². The lowest BCUT2D eigenvalue weighted by Crippen LogP contribution is -2.43. The number of hydrogen-bond donors (Lipinski definition) is 1. The number of halogens is 1. The lowest BCUT2D eigenvalue weighted by atomic mass is 9.93. The zero-order valence-electron chi connectivity index (χ0n) is 15.7. The highest BCUT2D eigenvalue weighted by Gasteiger charge is 2.19. The van der Waals surface area contributed by atoms with Crippen molar-refractivity contribution >= 4 is 0 Å². The second-order valence-electron chi connectivity index (χ2n) is 7.75. The third-order valence-electron chi connectivity index (χ3n) is 4.96. The summed E-state index contributed by atoms with van der Waals surface area (Å²) in [5, 5.41) is 7.24. The molecule has 1 N–H and O–H groups in total. The van der Waals surface area contributed by atoms with Crippen LogP contribution in [0.1, 0.15) is 25.0 Å². The van der Waals surface area contributed by atoms with E-state index < -0.39 is 0 Å². The monoisotopic (exact) mass is 365 g/mol. The minimum absolute atomic E-state index is 0.205. The van der Waals surface area contributed by atoms with Gasteiger partial charge in [-0.25, -0.2) is 4.39 Å². The smallest absolute Gasteiger partial charge is 0.258 e. The average Bonchev–Trinajstić information content (AvgIpc) is 3.09. The quantitative estimate of drug-likeness (QED) is 0.699. The van der Waals surface area contributed by atoms with Gasteiger partial charge in [-0.15, -0.1) is 0 Å². The van der Waals surface area contributed by atoms with Crippen molar-refractivity contribution in [1.29, 1.82) is 0 Å². The van der Waals surface area contributed by atoms with Crippen LogP contribution in [0.2, 0.25) is 0 Å². The van der Waals surface area contributed by atoms with E-state index in [-0.39, 0.29) is 5.82 Å². The Kier molecular flexibility index (Phi) is 5.03. The Morgan fingerprint density at radius 3 is 2.48 bits per heavy atom. The van der Waals surface area contributed by atoms with E-state index in [1.807, 2.05) is 24.3 Å². The van der Waals surface area contributed by atoms with Crippen molar-refractivity contribution in [3.63, 3.8) is 0 Å². The molecule has 4 rings (SSSR count). The SMILES string of the molecule is CC(C)Cc1ccc(-c2nc(-c3ccc(CC4CNC4)c(F)c3)no2)cc1. The first-order valence-electron chi connectivity index (χ1n) is 9.51. The van der Waals surface area contributed by atoms with Crippen LogP contribution in [0.5, 0.6) is 0 Å². The molecule has 0 radical (unpaired) electrons. The van der Waals surface area contributed by atoms with E-state index in [2.05, 4.69) is 41.4 Å². The summed E-state index contributed by atoms with van der Waals surface area (Å²) in [6, 6.07) is 13.4. The van der Waals surface area contributed by atoms with Gasteiger partial charge >= 0.3 is 0 Å². The molecular formula is C22H24FN3O. The molecule has 3 aromatic rings. The van der Waals surface area contributed by atoms with Crippen molar-refractivity contribution in [1.82, 2.24) is 15.5 Å². The predicted molar refractivity (Wildman–Crippen MR) is 104 cm³/mol. The van der Waals surface area contributed by atoms with Gasteiger partial charge in [0, 0.05) is 11.1 Å². The maximum atomic E-state index is 14.4. The van der Waals surface area contributed by atoms with E-state index in [0.717, 1.165) is 37.1 Å². The molecule has 0 spiro atoms. The molecule has 1 aliphatic heterocycles. The number of nitrogens with zero attached hydrogens (tertiary/aromatic N) is 2. The van der Waals surface area contributed by atoms with Gasteiger partial charge in [0.1, 0.15) is 5.82 Å². The molecule has 0 saturated carbocycles. The summed E-state index contributed by atoms with van der Waals surface area (Å²) in [5.41, 5.74) is 3.53. The highest BCUT2D eigenvalue weighted by Crippen LogP contribution is 2.25. The van der Waals surface area contributed by atoms with Gasteiger partial charge in [-0.05, 0) is 67.1 Å². The van der Waals surface area contributed by atoms with Gasteiger partial charge in [-0.2, -0.15) is 4.98 Å². The first-order chi connectivity index (χ1) is 13.1. The largest absolute Gasteiger partial charge is 0.334 e. The van der Waals surface area contributed by atoms with Gasteiger partial charge < -0.3 is 9.84 Å². The molecule has 1 aromatic heterocycles. The predicted octanol–water partition coefficient (Wildman–Crippen LogP) is 4.50. The normalized spacial score (nSPS) is 14.5. The van der Waals surface area contributed by atoms with Gasteiger partial charge in [0.05, 0.1) is 0 Å². The van der Waals surface area contributed by atoms with Crippen LogP contribution in [0.25, 0.3) is 22.8 Å². The summed E-state index contributed by atoms with van der Waals surface area (Å²) in [6.07, 6.45) is 1.80. The Balaban J connectivity index is 1.51.